The van der Waals surface area contributed by atoms with Gasteiger partial charge >= 0.3 is 6.03 Å². The summed E-state index contributed by atoms with van der Waals surface area (Å²) in [5.74, 6) is -0.0355. The van der Waals surface area contributed by atoms with Crippen molar-refractivity contribution in [3.05, 3.63) is 84.0 Å². The van der Waals surface area contributed by atoms with Gasteiger partial charge in [-0.15, -0.1) is 11.3 Å². The summed E-state index contributed by atoms with van der Waals surface area (Å²) in [5, 5.41) is 8.19. The van der Waals surface area contributed by atoms with Crippen LogP contribution in [0.4, 0.5) is 26.4 Å². The van der Waals surface area contributed by atoms with Crippen LogP contribution in [-0.2, 0) is 0 Å². The first-order chi connectivity index (χ1) is 16.0. The molecular formula is C25H19FN4O2S. The quantitative estimate of drug-likeness (QED) is 0.273. The predicted molar refractivity (Wildman–Crippen MR) is 131 cm³/mol. The second-order valence-electron chi connectivity index (χ2n) is 7.56. The molecule has 5 aromatic rings. The number of aryl methyl sites for hydroxylation is 1. The van der Waals surface area contributed by atoms with Gasteiger partial charge in [-0.1, -0.05) is 18.2 Å². The third-order valence-corrected chi connectivity index (χ3v) is 6.29. The number of nitrogens with zero attached hydrogens (tertiary/aromatic N) is 1. The van der Waals surface area contributed by atoms with Crippen molar-refractivity contribution in [1.29, 1.82) is 0 Å². The first-order valence-electron chi connectivity index (χ1n) is 10.1. The molecule has 2 aromatic carbocycles. The van der Waals surface area contributed by atoms with E-state index in [-0.39, 0.29) is 5.69 Å². The Morgan fingerprint density at radius 2 is 1.88 bits per heavy atom. The number of nitrogen functional groups attached to an aromatic ring is 1. The minimum absolute atomic E-state index is 0.130. The standard InChI is InChI=1S/C25H19FN4O2S/c1-14-2-7-20(26)21(10-14)30-25(31)29-17-5-3-15(4-6-17)19-13-33-23-18(16-8-9-32-12-16)11-28-24(27)22(19)23/h2-13H,1H3,(H2,27,28)(H2,29,30,31). The maximum atomic E-state index is 13.9. The summed E-state index contributed by atoms with van der Waals surface area (Å²) in [4.78, 5) is 16.7. The zero-order valence-electron chi connectivity index (χ0n) is 17.6. The lowest BCUT2D eigenvalue weighted by atomic mass is 10.0. The van der Waals surface area contributed by atoms with Crippen molar-refractivity contribution in [3.8, 4) is 22.3 Å². The van der Waals surface area contributed by atoms with Crippen molar-refractivity contribution in [1.82, 2.24) is 4.98 Å². The Kier molecular flexibility index (Phi) is 5.27. The lowest BCUT2D eigenvalue weighted by Gasteiger charge is -2.10. The van der Waals surface area contributed by atoms with E-state index in [9.17, 15) is 9.18 Å². The highest BCUT2D eigenvalue weighted by molar-refractivity contribution is 7.18. The van der Waals surface area contributed by atoms with Gasteiger partial charge in [0.25, 0.3) is 0 Å². The van der Waals surface area contributed by atoms with Crippen molar-refractivity contribution >= 4 is 44.6 Å². The third kappa shape index (κ3) is 4.04. The topological polar surface area (TPSA) is 93.2 Å². The van der Waals surface area contributed by atoms with Crippen LogP contribution in [0.1, 0.15) is 5.56 Å². The molecule has 3 aromatic heterocycles. The molecule has 2 amide bonds. The van der Waals surface area contributed by atoms with Crippen LogP contribution in [0.2, 0.25) is 0 Å². The molecule has 6 nitrogen and oxygen atoms in total. The van der Waals surface area contributed by atoms with Gasteiger partial charge in [0, 0.05) is 38.7 Å². The molecule has 0 aliphatic carbocycles. The number of fused-ring (bicyclic) bond motifs is 1. The summed E-state index contributed by atoms with van der Waals surface area (Å²) in [6.07, 6.45) is 5.06. The molecule has 0 saturated heterocycles. The number of nitrogens with two attached hydrogens (primary N) is 1. The first-order valence-corrected chi connectivity index (χ1v) is 11.0. The molecule has 5 rings (SSSR count). The predicted octanol–water partition coefficient (Wildman–Crippen LogP) is 6.90. The zero-order chi connectivity index (χ0) is 22.9. The fourth-order valence-corrected chi connectivity index (χ4v) is 4.78. The summed E-state index contributed by atoms with van der Waals surface area (Å²) >= 11 is 1.59. The summed E-state index contributed by atoms with van der Waals surface area (Å²) in [6, 6.07) is 13.3. The number of hydrogen-bond donors (Lipinski definition) is 3. The van der Waals surface area contributed by atoms with Crippen LogP contribution in [0, 0.1) is 12.7 Å². The van der Waals surface area contributed by atoms with Gasteiger partial charge in [0.2, 0.25) is 0 Å². The van der Waals surface area contributed by atoms with Gasteiger partial charge in [-0.3, -0.25) is 0 Å². The number of carbonyl (C=O) groups is 1. The van der Waals surface area contributed by atoms with E-state index in [0.29, 0.717) is 11.5 Å². The zero-order valence-corrected chi connectivity index (χ0v) is 18.4. The van der Waals surface area contributed by atoms with Crippen molar-refractivity contribution in [2.75, 3.05) is 16.4 Å². The second-order valence-corrected chi connectivity index (χ2v) is 8.44. The van der Waals surface area contributed by atoms with E-state index in [2.05, 4.69) is 15.6 Å². The molecule has 0 spiro atoms. The molecule has 0 aliphatic heterocycles. The van der Waals surface area contributed by atoms with Gasteiger partial charge in [0.15, 0.2) is 0 Å². The van der Waals surface area contributed by atoms with Gasteiger partial charge in [0.05, 0.1) is 18.2 Å². The molecule has 0 bridgehead atoms. The number of rotatable bonds is 4. The fourth-order valence-electron chi connectivity index (χ4n) is 3.66. The minimum Gasteiger partial charge on any atom is -0.472 e. The minimum atomic E-state index is -0.522. The SMILES string of the molecule is Cc1ccc(F)c(NC(=O)Nc2ccc(-c3csc4c(-c5ccoc5)cnc(N)c34)cc2)c1. The van der Waals surface area contributed by atoms with Crippen LogP contribution >= 0.6 is 11.3 Å². The number of nitrogens with one attached hydrogen (secondary N) is 2. The number of aromatic nitrogens is 1. The van der Waals surface area contributed by atoms with E-state index in [0.717, 1.165) is 37.9 Å². The highest BCUT2D eigenvalue weighted by Gasteiger charge is 2.16. The lowest BCUT2D eigenvalue weighted by molar-refractivity contribution is 0.262. The van der Waals surface area contributed by atoms with Crippen molar-refractivity contribution in [3.63, 3.8) is 0 Å². The number of benzene rings is 2. The van der Waals surface area contributed by atoms with E-state index in [1.54, 1.807) is 54.3 Å². The number of urea groups is 1. The number of furan rings is 1. The Labute approximate surface area is 192 Å². The molecule has 0 atom stereocenters. The maximum Gasteiger partial charge on any atom is 0.323 e. The van der Waals surface area contributed by atoms with Gasteiger partial charge < -0.3 is 20.8 Å². The number of pyridine rings is 1. The molecule has 164 valence electrons. The van der Waals surface area contributed by atoms with Crippen molar-refractivity contribution < 1.29 is 13.6 Å². The van der Waals surface area contributed by atoms with E-state index in [1.807, 2.05) is 30.5 Å². The smallest absolute Gasteiger partial charge is 0.323 e. The fraction of sp³-hybridized carbons (Fsp3) is 0.0400. The highest BCUT2D eigenvalue weighted by atomic mass is 32.1. The lowest BCUT2D eigenvalue weighted by Crippen LogP contribution is -2.20. The molecule has 33 heavy (non-hydrogen) atoms. The van der Waals surface area contributed by atoms with E-state index >= 15 is 0 Å². The summed E-state index contributed by atoms with van der Waals surface area (Å²) in [7, 11) is 0. The summed E-state index contributed by atoms with van der Waals surface area (Å²) < 4.78 is 20.1. The van der Waals surface area contributed by atoms with Crippen LogP contribution in [0.25, 0.3) is 32.3 Å². The van der Waals surface area contributed by atoms with E-state index < -0.39 is 11.8 Å². The average Bonchev–Trinajstić information content (AvgIpc) is 3.48. The summed E-state index contributed by atoms with van der Waals surface area (Å²) in [5.41, 5.74) is 11.6. The van der Waals surface area contributed by atoms with E-state index in [1.165, 1.54) is 6.07 Å². The number of thiophene rings is 1. The molecule has 0 saturated carbocycles. The van der Waals surface area contributed by atoms with Crippen molar-refractivity contribution in [2.24, 2.45) is 0 Å². The first kappa shape index (κ1) is 20.7. The molecule has 0 unspecified atom stereocenters. The average molecular weight is 459 g/mol. The number of hydrogen-bond acceptors (Lipinski definition) is 5. The number of amides is 2. The highest BCUT2D eigenvalue weighted by Crippen LogP contribution is 2.41. The van der Waals surface area contributed by atoms with Gasteiger partial charge in [0.1, 0.15) is 11.6 Å². The maximum absolute atomic E-state index is 13.9. The Hall–Kier alpha value is -4.17. The number of carbonyl (C=O) groups excluding carboxylic acids is 1. The Bertz CT molecular complexity index is 1460. The monoisotopic (exact) mass is 458 g/mol. The Morgan fingerprint density at radius 1 is 1.06 bits per heavy atom. The van der Waals surface area contributed by atoms with Crippen LogP contribution in [-0.4, -0.2) is 11.0 Å². The third-order valence-electron chi connectivity index (χ3n) is 5.28. The normalized spacial score (nSPS) is 11.0. The molecule has 0 aliphatic rings. The molecule has 8 heteroatoms. The molecular weight excluding hydrogens is 439 g/mol. The largest absolute Gasteiger partial charge is 0.472 e. The number of halogens is 1. The molecule has 0 radical (unpaired) electrons. The summed E-state index contributed by atoms with van der Waals surface area (Å²) in [6.45, 7) is 1.83. The Balaban J connectivity index is 1.39. The van der Waals surface area contributed by atoms with Gasteiger partial charge in [-0.25, -0.2) is 14.2 Å². The van der Waals surface area contributed by atoms with Crippen LogP contribution in [0.15, 0.2) is 77.1 Å². The van der Waals surface area contributed by atoms with Crippen LogP contribution < -0.4 is 16.4 Å². The molecule has 4 N–H and O–H groups in total. The van der Waals surface area contributed by atoms with Gasteiger partial charge in [-0.05, 0) is 53.8 Å². The van der Waals surface area contributed by atoms with Crippen LogP contribution in [0.5, 0.6) is 0 Å². The van der Waals surface area contributed by atoms with Crippen molar-refractivity contribution in [2.45, 2.75) is 6.92 Å². The Morgan fingerprint density at radius 3 is 2.64 bits per heavy atom. The molecule has 3 heterocycles. The van der Waals surface area contributed by atoms with Gasteiger partial charge in [-0.2, -0.15) is 0 Å². The molecule has 0 fully saturated rings. The number of anilines is 3. The van der Waals surface area contributed by atoms with Crippen LogP contribution in [0.3, 0.4) is 0 Å². The second kappa shape index (κ2) is 8.40. The van der Waals surface area contributed by atoms with E-state index in [4.69, 9.17) is 10.2 Å².